The monoisotopic (exact) mass is 475 g/mol. The summed E-state index contributed by atoms with van der Waals surface area (Å²) in [6.45, 7) is 1.90. The fraction of sp³-hybridized carbons (Fsp3) is 0.0800. The van der Waals surface area contributed by atoms with Gasteiger partial charge >= 0.3 is 0 Å². The van der Waals surface area contributed by atoms with E-state index < -0.39 is 10.0 Å². The Morgan fingerprint density at radius 1 is 1.03 bits per heavy atom. The summed E-state index contributed by atoms with van der Waals surface area (Å²) >= 11 is 1.64. The zero-order valence-corrected chi connectivity index (χ0v) is 19.7. The van der Waals surface area contributed by atoms with Crippen LogP contribution in [0, 0.1) is 6.92 Å². The molecule has 5 aromatic rings. The Hall–Kier alpha value is -3.62. The largest absolute Gasteiger partial charge is 0.494 e. The van der Waals surface area contributed by atoms with E-state index in [1.54, 1.807) is 61.2 Å². The van der Waals surface area contributed by atoms with Crippen LogP contribution in [0.1, 0.15) is 5.69 Å². The Balaban J connectivity index is 1.47. The average Bonchev–Trinajstić information content (AvgIpc) is 3.45. The standard InChI is InChI=1S/C25H21N3O3S2/c1-17-14-28(16-26-17)23-11-10-19(13-24(23)31-2)27-33(29,30)20-7-5-6-18(12-20)22-15-32-25-9-4-3-8-21(22)25/h3-16,27H,1-2H3. The van der Waals surface area contributed by atoms with E-state index in [9.17, 15) is 8.42 Å². The summed E-state index contributed by atoms with van der Waals surface area (Å²) in [5.74, 6) is 0.533. The summed E-state index contributed by atoms with van der Waals surface area (Å²) < 4.78 is 37.5. The molecule has 0 aliphatic carbocycles. The van der Waals surface area contributed by atoms with Crippen molar-refractivity contribution in [3.8, 4) is 22.6 Å². The van der Waals surface area contributed by atoms with Gasteiger partial charge in [-0.3, -0.25) is 4.72 Å². The molecule has 0 fully saturated rings. The summed E-state index contributed by atoms with van der Waals surface area (Å²) in [7, 11) is -2.25. The molecule has 6 nitrogen and oxygen atoms in total. The van der Waals surface area contributed by atoms with E-state index in [-0.39, 0.29) is 4.90 Å². The number of aromatic nitrogens is 2. The number of rotatable bonds is 6. The molecule has 0 atom stereocenters. The van der Waals surface area contributed by atoms with Gasteiger partial charge in [0, 0.05) is 27.9 Å². The van der Waals surface area contributed by atoms with Gasteiger partial charge < -0.3 is 9.30 Å². The number of imidazole rings is 1. The van der Waals surface area contributed by atoms with Gasteiger partial charge in [0.15, 0.2) is 0 Å². The van der Waals surface area contributed by atoms with Crippen LogP contribution >= 0.6 is 11.3 Å². The van der Waals surface area contributed by atoms with Crippen LogP contribution in [0.15, 0.2) is 89.5 Å². The molecule has 1 N–H and O–H groups in total. The Morgan fingerprint density at radius 2 is 1.88 bits per heavy atom. The third kappa shape index (κ3) is 4.10. The molecule has 2 heterocycles. The molecule has 3 aromatic carbocycles. The Labute approximate surface area is 196 Å². The molecular formula is C25H21N3O3S2. The maximum absolute atomic E-state index is 13.2. The predicted molar refractivity (Wildman–Crippen MR) is 133 cm³/mol. The van der Waals surface area contributed by atoms with Crippen LogP contribution in [0.25, 0.3) is 26.9 Å². The van der Waals surface area contributed by atoms with Gasteiger partial charge in [0.25, 0.3) is 10.0 Å². The highest BCUT2D eigenvalue weighted by atomic mass is 32.2. The highest BCUT2D eigenvalue weighted by Crippen LogP contribution is 2.35. The fourth-order valence-corrected chi connectivity index (χ4v) is 5.82. The van der Waals surface area contributed by atoms with Crippen LogP contribution in [-0.2, 0) is 10.0 Å². The van der Waals surface area contributed by atoms with Gasteiger partial charge in [0.2, 0.25) is 0 Å². The molecule has 5 rings (SSSR count). The number of nitrogens with zero attached hydrogens (tertiary/aromatic N) is 2. The van der Waals surface area contributed by atoms with Gasteiger partial charge in [-0.05, 0) is 48.2 Å². The van der Waals surface area contributed by atoms with Gasteiger partial charge in [0.1, 0.15) is 5.75 Å². The molecule has 0 amide bonds. The number of aryl methyl sites for hydroxylation is 1. The van der Waals surface area contributed by atoms with Crippen LogP contribution in [-0.4, -0.2) is 25.1 Å². The molecule has 0 radical (unpaired) electrons. The third-order valence-corrected chi connectivity index (χ3v) is 7.70. The number of fused-ring (bicyclic) bond motifs is 1. The Bertz CT molecular complexity index is 1570. The molecule has 0 saturated heterocycles. The summed E-state index contributed by atoms with van der Waals surface area (Å²) in [4.78, 5) is 4.43. The van der Waals surface area contributed by atoms with Crippen LogP contribution in [0.3, 0.4) is 0 Å². The highest BCUT2D eigenvalue weighted by Gasteiger charge is 2.17. The Kier molecular flexibility index (Phi) is 5.39. The second-order valence-corrected chi connectivity index (χ2v) is 10.2. The molecule has 2 aromatic heterocycles. The number of nitrogens with one attached hydrogen (secondary N) is 1. The minimum Gasteiger partial charge on any atom is -0.494 e. The maximum Gasteiger partial charge on any atom is 0.261 e. The number of methoxy groups -OCH3 is 1. The van der Waals surface area contributed by atoms with Crippen molar-refractivity contribution in [3.63, 3.8) is 0 Å². The van der Waals surface area contributed by atoms with Crippen LogP contribution in [0.4, 0.5) is 5.69 Å². The van der Waals surface area contributed by atoms with E-state index in [0.717, 1.165) is 27.9 Å². The van der Waals surface area contributed by atoms with Crippen molar-refractivity contribution in [2.75, 3.05) is 11.8 Å². The lowest BCUT2D eigenvalue weighted by molar-refractivity contribution is 0.413. The molecule has 0 aliphatic heterocycles. The zero-order chi connectivity index (χ0) is 23.0. The Morgan fingerprint density at radius 3 is 2.67 bits per heavy atom. The van der Waals surface area contributed by atoms with Crippen molar-refractivity contribution in [2.45, 2.75) is 11.8 Å². The van der Waals surface area contributed by atoms with E-state index in [4.69, 9.17) is 4.74 Å². The summed E-state index contributed by atoms with van der Waals surface area (Å²) in [6.07, 6.45) is 3.57. The lowest BCUT2D eigenvalue weighted by Crippen LogP contribution is -2.13. The summed E-state index contributed by atoms with van der Waals surface area (Å²) in [5, 5.41) is 3.17. The third-order valence-electron chi connectivity index (χ3n) is 5.36. The first-order valence-corrected chi connectivity index (χ1v) is 12.6. The van der Waals surface area contributed by atoms with E-state index in [0.29, 0.717) is 11.4 Å². The van der Waals surface area contributed by atoms with Crippen molar-refractivity contribution in [1.82, 2.24) is 9.55 Å². The van der Waals surface area contributed by atoms with Gasteiger partial charge in [-0.15, -0.1) is 11.3 Å². The first-order chi connectivity index (χ1) is 15.9. The molecule has 166 valence electrons. The lowest BCUT2D eigenvalue weighted by atomic mass is 10.1. The maximum atomic E-state index is 13.2. The SMILES string of the molecule is COc1cc(NS(=O)(=O)c2cccc(-c3csc4ccccc34)c2)ccc1-n1cnc(C)c1. The van der Waals surface area contributed by atoms with Crippen molar-refractivity contribution in [1.29, 1.82) is 0 Å². The number of hydrogen-bond donors (Lipinski definition) is 1. The van der Waals surface area contributed by atoms with Gasteiger partial charge in [0.05, 0.1) is 35.4 Å². The summed E-state index contributed by atoms with van der Waals surface area (Å²) in [6, 6.07) is 20.3. The zero-order valence-electron chi connectivity index (χ0n) is 18.0. The minimum atomic E-state index is -3.80. The van der Waals surface area contributed by atoms with Gasteiger partial charge in [-0.1, -0.05) is 30.3 Å². The number of ether oxygens (including phenoxy) is 1. The lowest BCUT2D eigenvalue weighted by Gasteiger charge is -2.13. The summed E-state index contributed by atoms with van der Waals surface area (Å²) in [5.41, 5.74) is 3.94. The van der Waals surface area contributed by atoms with Crippen molar-refractivity contribution >= 4 is 37.1 Å². The average molecular weight is 476 g/mol. The highest BCUT2D eigenvalue weighted by molar-refractivity contribution is 7.92. The molecule has 0 saturated carbocycles. The molecule has 33 heavy (non-hydrogen) atoms. The van der Waals surface area contributed by atoms with Crippen LogP contribution < -0.4 is 9.46 Å². The first kappa shape index (κ1) is 21.2. The van der Waals surface area contributed by atoms with Crippen molar-refractivity contribution in [2.24, 2.45) is 0 Å². The van der Waals surface area contributed by atoms with Crippen molar-refractivity contribution < 1.29 is 13.2 Å². The molecule has 0 bridgehead atoms. The normalized spacial score (nSPS) is 11.6. The van der Waals surface area contributed by atoms with Crippen molar-refractivity contribution in [3.05, 3.63) is 90.3 Å². The second-order valence-electron chi connectivity index (χ2n) is 7.59. The van der Waals surface area contributed by atoms with E-state index in [1.165, 1.54) is 4.70 Å². The number of benzene rings is 3. The van der Waals surface area contributed by atoms with E-state index in [2.05, 4.69) is 27.2 Å². The number of hydrogen-bond acceptors (Lipinski definition) is 5. The first-order valence-electron chi connectivity index (χ1n) is 10.2. The molecule has 8 heteroatoms. The molecule has 0 unspecified atom stereocenters. The smallest absolute Gasteiger partial charge is 0.261 e. The van der Waals surface area contributed by atoms with E-state index >= 15 is 0 Å². The number of anilines is 1. The second kappa shape index (κ2) is 8.38. The van der Waals surface area contributed by atoms with Gasteiger partial charge in [-0.2, -0.15) is 0 Å². The topological polar surface area (TPSA) is 73.2 Å². The molecule has 0 aliphatic rings. The quantitative estimate of drug-likeness (QED) is 0.333. The van der Waals surface area contributed by atoms with E-state index in [1.807, 2.05) is 35.9 Å². The minimum absolute atomic E-state index is 0.198. The number of sulfonamides is 1. The predicted octanol–water partition coefficient (Wildman–Crippen LogP) is 5.87. The fourth-order valence-electron chi connectivity index (χ4n) is 3.75. The van der Waals surface area contributed by atoms with Crippen LogP contribution in [0.5, 0.6) is 5.75 Å². The molecule has 0 spiro atoms. The van der Waals surface area contributed by atoms with Crippen LogP contribution in [0.2, 0.25) is 0 Å². The molecular weight excluding hydrogens is 454 g/mol. The number of thiophene rings is 1. The van der Waals surface area contributed by atoms with Gasteiger partial charge in [-0.25, -0.2) is 13.4 Å².